The molecule has 1 unspecified atom stereocenters. The second-order valence-corrected chi connectivity index (χ2v) is 4.96. The minimum Gasteiger partial charge on any atom is -0.493 e. The zero-order chi connectivity index (χ0) is 14.5. The van der Waals surface area contributed by atoms with Gasteiger partial charge < -0.3 is 9.47 Å². The number of nitrogens with one attached hydrogen (secondary N) is 1. The molecule has 0 aromatic carbocycles. The van der Waals surface area contributed by atoms with Gasteiger partial charge in [0, 0.05) is 13.2 Å². The fourth-order valence-corrected chi connectivity index (χ4v) is 2.28. The molecule has 110 valence electrons. The van der Waals surface area contributed by atoms with E-state index >= 15 is 0 Å². The molecule has 19 heavy (non-hydrogen) atoms. The van der Waals surface area contributed by atoms with Crippen LogP contribution >= 0.6 is 0 Å². The first-order valence-corrected chi connectivity index (χ1v) is 6.71. The molecule has 0 radical (unpaired) electrons. The molecule has 0 saturated carbocycles. The molecule has 1 atom stereocenters. The van der Waals surface area contributed by atoms with Gasteiger partial charge in [0.1, 0.15) is 5.69 Å². The van der Waals surface area contributed by atoms with Crippen LogP contribution in [0.25, 0.3) is 0 Å². The lowest BCUT2D eigenvalue weighted by Gasteiger charge is -2.34. The number of rotatable bonds is 8. The van der Waals surface area contributed by atoms with Crippen LogP contribution in [0.5, 0.6) is 5.75 Å². The zero-order valence-electron chi connectivity index (χ0n) is 12.6. The van der Waals surface area contributed by atoms with Gasteiger partial charge in [0.25, 0.3) is 0 Å². The summed E-state index contributed by atoms with van der Waals surface area (Å²) >= 11 is 0. The van der Waals surface area contributed by atoms with Crippen molar-refractivity contribution in [3.8, 4) is 5.75 Å². The van der Waals surface area contributed by atoms with Crippen LogP contribution in [-0.4, -0.2) is 29.1 Å². The molecule has 6 heteroatoms. The summed E-state index contributed by atoms with van der Waals surface area (Å²) in [5.74, 6) is 6.47. The fraction of sp³-hybridized carbons (Fsp3) is 0.769. The average molecular weight is 270 g/mol. The van der Waals surface area contributed by atoms with Crippen LogP contribution < -0.4 is 16.0 Å². The van der Waals surface area contributed by atoms with E-state index in [4.69, 9.17) is 15.3 Å². The summed E-state index contributed by atoms with van der Waals surface area (Å²) in [6.07, 6.45) is 2.71. The summed E-state index contributed by atoms with van der Waals surface area (Å²) in [4.78, 5) is 0. The predicted molar refractivity (Wildman–Crippen MR) is 74.8 cm³/mol. The highest BCUT2D eigenvalue weighted by atomic mass is 16.5. The van der Waals surface area contributed by atoms with Crippen molar-refractivity contribution in [2.24, 2.45) is 5.84 Å². The first-order valence-electron chi connectivity index (χ1n) is 6.71. The molecular weight excluding hydrogens is 244 g/mol. The molecule has 3 N–H and O–H groups in total. The summed E-state index contributed by atoms with van der Waals surface area (Å²) in [5, 5.41) is 4.36. The van der Waals surface area contributed by atoms with Crippen LogP contribution in [0.1, 0.15) is 45.9 Å². The lowest BCUT2D eigenvalue weighted by Crippen LogP contribution is -2.45. The number of aromatic nitrogens is 2. The summed E-state index contributed by atoms with van der Waals surface area (Å²) in [6.45, 7) is 9.52. The monoisotopic (exact) mass is 270 g/mol. The fourth-order valence-electron chi connectivity index (χ4n) is 2.28. The summed E-state index contributed by atoms with van der Waals surface area (Å²) in [5.41, 5.74) is 3.30. The van der Waals surface area contributed by atoms with Crippen molar-refractivity contribution in [3.63, 3.8) is 0 Å². The Balaban J connectivity index is 3.18. The number of nitrogens with two attached hydrogens (primary N) is 1. The Bertz CT molecular complexity index is 390. The van der Waals surface area contributed by atoms with Crippen LogP contribution in [0.4, 0.5) is 0 Å². The van der Waals surface area contributed by atoms with Gasteiger partial charge in [-0.25, -0.2) is 5.43 Å². The van der Waals surface area contributed by atoms with Gasteiger partial charge >= 0.3 is 0 Å². The normalized spacial score (nSPS) is 13.6. The number of hydrogen-bond donors (Lipinski definition) is 2. The average Bonchev–Trinajstić information content (AvgIpc) is 2.73. The van der Waals surface area contributed by atoms with E-state index in [1.54, 1.807) is 13.3 Å². The highest BCUT2D eigenvalue weighted by Gasteiger charge is 2.35. The molecule has 0 bridgehead atoms. The molecule has 1 aromatic rings. The van der Waals surface area contributed by atoms with Crippen LogP contribution in [-0.2, 0) is 11.3 Å². The molecule has 0 aliphatic rings. The van der Waals surface area contributed by atoms with E-state index in [-0.39, 0.29) is 6.04 Å². The Morgan fingerprint density at radius 1 is 1.47 bits per heavy atom. The minimum atomic E-state index is -0.456. The van der Waals surface area contributed by atoms with Gasteiger partial charge in [-0.3, -0.25) is 10.5 Å². The summed E-state index contributed by atoms with van der Waals surface area (Å²) < 4.78 is 13.1. The summed E-state index contributed by atoms with van der Waals surface area (Å²) in [7, 11) is 1.64. The Morgan fingerprint density at radius 2 is 2.16 bits per heavy atom. The SMILES string of the molecule is CCCn1ncc(OC)c1C(NN)C(C)(C)OCC. The van der Waals surface area contributed by atoms with Crippen LogP contribution in [0.3, 0.4) is 0 Å². The number of aryl methyl sites for hydroxylation is 1. The van der Waals surface area contributed by atoms with Crippen LogP contribution in [0, 0.1) is 0 Å². The maximum atomic E-state index is 5.80. The second-order valence-electron chi connectivity index (χ2n) is 4.96. The minimum absolute atomic E-state index is 0.198. The smallest absolute Gasteiger partial charge is 0.161 e. The summed E-state index contributed by atoms with van der Waals surface area (Å²) in [6, 6.07) is -0.198. The Morgan fingerprint density at radius 3 is 2.63 bits per heavy atom. The number of ether oxygens (including phenoxy) is 2. The maximum absolute atomic E-state index is 5.80. The molecule has 0 fully saturated rings. The van der Waals surface area contributed by atoms with E-state index in [2.05, 4.69) is 17.4 Å². The lowest BCUT2D eigenvalue weighted by atomic mass is 9.95. The molecule has 0 spiro atoms. The first kappa shape index (κ1) is 15.9. The number of methoxy groups -OCH3 is 1. The van der Waals surface area contributed by atoms with Gasteiger partial charge in [-0.2, -0.15) is 5.10 Å². The molecule has 1 heterocycles. The maximum Gasteiger partial charge on any atom is 0.161 e. The predicted octanol–water partition coefficient (Wildman–Crippen LogP) is 1.62. The molecule has 0 aliphatic carbocycles. The van der Waals surface area contributed by atoms with Crippen molar-refractivity contribution in [2.45, 2.75) is 52.3 Å². The standard InChI is InChI=1S/C13H26N4O2/c1-6-8-17-11(10(18-5)9-15-17)12(16-14)13(3,4)19-7-2/h9,12,16H,6-8,14H2,1-5H3. The topological polar surface area (TPSA) is 74.3 Å². The third-order valence-corrected chi connectivity index (χ3v) is 3.15. The van der Waals surface area contributed by atoms with Crippen molar-refractivity contribution >= 4 is 0 Å². The Labute approximate surface area is 115 Å². The van der Waals surface area contributed by atoms with Gasteiger partial charge in [-0.1, -0.05) is 6.92 Å². The van der Waals surface area contributed by atoms with Gasteiger partial charge in [0.2, 0.25) is 0 Å². The van der Waals surface area contributed by atoms with E-state index in [0.29, 0.717) is 6.61 Å². The van der Waals surface area contributed by atoms with E-state index in [1.165, 1.54) is 0 Å². The van der Waals surface area contributed by atoms with Crippen LogP contribution in [0.15, 0.2) is 6.20 Å². The van der Waals surface area contributed by atoms with Crippen molar-refractivity contribution in [1.82, 2.24) is 15.2 Å². The van der Waals surface area contributed by atoms with E-state index < -0.39 is 5.60 Å². The third-order valence-electron chi connectivity index (χ3n) is 3.15. The molecule has 0 saturated heterocycles. The van der Waals surface area contributed by atoms with Crippen molar-refractivity contribution in [2.75, 3.05) is 13.7 Å². The number of nitrogens with zero attached hydrogens (tertiary/aromatic N) is 2. The first-order chi connectivity index (χ1) is 9.01. The number of hydrazine groups is 1. The molecule has 0 amide bonds. The highest BCUT2D eigenvalue weighted by Crippen LogP contribution is 2.34. The van der Waals surface area contributed by atoms with Gasteiger partial charge in [0.15, 0.2) is 5.75 Å². The van der Waals surface area contributed by atoms with E-state index in [0.717, 1.165) is 24.4 Å². The zero-order valence-corrected chi connectivity index (χ0v) is 12.6. The third kappa shape index (κ3) is 3.46. The Kier molecular flexibility index (Phi) is 5.78. The molecule has 6 nitrogen and oxygen atoms in total. The molecular formula is C13H26N4O2. The number of hydrogen-bond acceptors (Lipinski definition) is 5. The second kappa shape index (κ2) is 6.88. The van der Waals surface area contributed by atoms with Crippen molar-refractivity contribution < 1.29 is 9.47 Å². The lowest BCUT2D eigenvalue weighted by molar-refractivity contribution is -0.0418. The quantitative estimate of drug-likeness (QED) is 0.554. The van der Waals surface area contributed by atoms with E-state index in [9.17, 15) is 0 Å². The molecule has 0 aliphatic heterocycles. The molecule has 1 aromatic heterocycles. The van der Waals surface area contributed by atoms with E-state index in [1.807, 2.05) is 25.5 Å². The van der Waals surface area contributed by atoms with Crippen molar-refractivity contribution in [3.05, 3.63) is 11.9 Å². The largest absolute Gasteiger partial charge is 0.493 e. The van der Waals surface area contributed by atoms with Gasteiger partial charge in [-0.15, -0.1) is 0 Å². The van der Waals surface area contributed by atoms with Gasteiger partial charge in [-0.05, 0) is 27.2 Å². The van der Waals surface area contributed by atoms with Crippen molar-refractivity contribution in [1.29, 1.82) is 0 Å². The van der Waals surface area contributed by atoms with Gasteiger partial charge in [0.05, 0.1) is 24.9 Å². The highest BCUT2D eigenvalue weighted by molar-refractivity contribution is 5.30. The Hall–Kier alpha value is -1.11. The molecule has 1 rings (SSSR count). The van der Waals surface area contributed by atoms with Crippen LogP contribution in [0.2, 0.25) is 0 Å².